The number of carboxylic acid groups (broad SMARTS) is 1. The fourth-order valence-corrected chi connectivity index (χ4v) is 2.68. The molecule has 0 atom stereocenters. The molecule has 0 radical (unpaired) electrons. The zero-order valence-corrected chi connectivity index (χ0v) is 17.2. The van der Waals surface area contributed by atoms with E-state index in [0.29, 0.717) is 29.7 Å². The summed E-state index contributed by atoms with van der Waals surface area (Å²) in [5, 5.41) is 14.2. The number of hydrogen-bond donors (Lipinski definition) is 3. The smallest absolute Gasteiger partial charge is 0.328 e. The Labute approximate surface area is 178 Å². The highest BCUT2D eigenvalue weighted by Crippen LogP contribution is 2.37. The summed E-state index contributed by atoms with van der Waals surface area (Å²) < 4.78 is 11.2. The number of carbonyl (C=O) groups is 3. The van der Waals surface area contributed by atoms with Gasteiger partial charge in [0.05, 0.1) is 35.2 Å². The average molecular weight is 433 g/mol. The maximum Gasteiger partial charge on any atom is 0.328 e. The van der Waals surface area contributed by atoms with Crippen molar-refractivity contribution in [1.82, 2.24) is 0 Å². The zero-order valence-electron chi connectivity index (χ0n) is 16.4. The maximum atomic E-state index is 12.6. The van der Waals surface area contributed by atoms with E-state index >= 15 is 0 Å². The zero-order chi connectivity index (χ0) is 22.1. The molecule has 9 heteroatoms. The summed E-state index contributed by atoms with van der Waals surface area (Å²) in [5.74, 6) is -1.78. The Kier molecular flexibility index (Phi) is 8.25. The molecule has 0 fully saturated rings. The molecule has 0 unspecified atom stereocenters. The van der Waals surface area contributed by atoms with E-state index in [0.717, 1.165) is 12.2 Å². The van der Waals surface area contributed by atoms with Gasteiger partial charge in [-0.3, -0.25) is 9.59 Å². The molecule has 2 aromatic rings. The third kappa shape index (κ3) is 6.25. The van der Waals surface area contributed by atoms with E-state index in [9.17, 15) is 14.4 Å². The second kappa shape index (κ2) is 10.9. The molecule has 0 spiro atoms. The quantitative estimate of drug-likeness (QED) is 0.516. The predicted octanol–water partition coefficient (Wildman–Crippen LogP) is 3.97. The lowest BCUT2D eigenvalue weighted by Crippen LogP contribution is -2.15. The summed E-state index contributed by atoms with van der Waals surface area (Å²) in [4.78, 5) is 35.2. The van der Waals surface area contributed by atoms with Gasteiger partial charge in [0.1, 0.15) is 11.5 Å². The topological polar surface area (TPSA) is 114 Å². The van der Waals surface area contributed by atoms with Crippen molar-refractivity contribution in [3.8, 4) is 11.5 Å². The molecule has 0 aliphatic rings. The Morgan fingerprint density at radius 2 is 1.53 bits per heavy atom. The van der Waals surface area contributed by atoms with Crippen LogP contribution in [0.3, 0.4) is 0 Å². The van der Waals surface area contributed by atoms with E-state index in [1.807, 2.05) is 0 Å². The molecule has 3 N–H and O–H groups in total. The van der Waals surface area contributed by atoms with Crippen LogP contribution in [-0.4, -0.2) is 36.1 Å². The largest absolute Gasteiger partial charge is 0.492 e. The van der Waals surface area contributed by atoms with E-state index in [2.05, 4.69) is 10.6 Å². The van der Waals surface area contributed by atoms with Crippen LogP contribution in [-0.2, 0) is 9.59 Å². The van der Waals surface area contributed by atoms with Crippen LogP contribution in [0.5, 0.6) is 11.5 Å². The van der Waals surface area contributed by atoms with E-state index < -0.39 is 17.8 Å². The molecule has 30 heavy (non-hydrogen) atoms. The van der Waals surface area contributed by atoms with Crippen molar-refractivity contribution in [1.29, 1.82) is 0 Å². The Hall–Kier alpha value is -3.52. The number of carbonyl (C=O) groups excluding carboxylic acids is 2. The van der Waals surface area contributed by atoms with Crippen molar-refractivity contribution in [2.75, 3.05) is 23.8 Å². The first-order valence-electron chi connectivity index (χ1n) is 9.07. The molecule has 8 nitrogen and oxygen atoms in total. The number of nitrogens with one attached hydrogen (secondary N) is 2. The number of anilines is 2. The lowest BCUT2D eigenvalue weighted by Gasteiger charge is -2.17. The molecule has 0 saturated heterocycles. The molecule has 2 rings (SSSR count). The van der Waals surface area contributed by atoms with Gasteiger partial charge in [0.15, 0.2) is 0 Å². The number of aliphatic carboxylic acids is 1. The molecule has 0 aliphatic carbocycles. The van der Waals surface area contributed by atoms with Gasteiger partial charge in [0, 0.05) is 24.3 Å². The maximum absolute atomic E-state index is 12.6. The molecule has 2 amide bonds. The van der Waals surface area contributed by atoms with Crippen molar-refractivity contribution < 1.29 is 29.0 Å². The minimum Gasteiger partial charge on any atom is -0.492 e. The molecule has 0 bridgehead atoms. The molecule has 0 aromatic heterocycles. The van der Waals surface area contributed by atoms with Crippen LogP contribution in [0.1, 0.15) is 24.2 Å². The van der Waals surface area contributed by atoms with Gasteiger partial charge < -0.3 is 25.2 Å². The van der Waals surface area contributed by atoms with E-state index in [-0.39, 0.29) is 17.0 Å². The molecule has 0 heterocycles. The highest BCUT2D eigenvalue weighted by Gasteiger charge is 2.17. The van der Waals surface area contributed by atoms with Gasteiger partial charge in [-0.1, -0.05) is 23.7 Å². The van der Waals surface area contributed by atoms with Crippen LogP contribution >= 0.6 is 11.6 Å². The monoisotopic (exact) mass is 432 g/mol. The van der Waals surface area contributed by atoms with Gasteiger partial charge in [-0.15, -0.1) is 0 Å². The van der Waals surface area contributed by atoms with Crippen LogP contribution in [0, 0.1) is 0 Å². The average Bonchev–Trinajstić information content (AvgIpc) is 2.70. The van der Waals surface area contributed by atoms with E-state index in [1.165, 1.54) is 12.1 Å². The fourth-order valence-electron chi connectivity index (χ4n) is 2.46. The van der Waals surface area contributed by atoms with Gasteiger partial charge >= 0.3 is 5.97 Å². The predicted molar refractivity (Wildman–Crippen MR) is 114 cm³/mol. The minimum atomic E-state index is -1.25. The third-order valence-corrected chi connectivity index (χ3v) is 4.01. The molecular weight excluding hydrogens is 412 g/mol. The lowest BCUT2D eigenvalue weighted by atomic mass is 10.2. The summed E-state index contributed by atoms with van der Waals surface area (Å²) in [6.45, 7) is 4.12. The highest BCUT2D eigenvalue weighted by molar-refractivity contribution is 6.34. The standard InChI is InChI=1S/C21H21ClN2O6/c1-3-29-17-12-16(24-21(28)13-7-5-6-8-14(13)22)18(30-4-2)11-15(17)23-19(25)9-10-20(26)27/h5-12H,3-4H2,1-2H3,(H,23,25)(H,24,28)(H,26,27). The molecule has 0 saturated carbocycles. The SMILES string of the molecule is CCOc1cc(NC(=O)c2ccccc2Cl)c(OCC)cc1NC(=O)C=CC(=O)O. The summed E-state index contributed by atoms with van der Waals surface area (Å²) >= 11 is 6.09. The first kappa shape index (κ1) is 22.8. The Bertz CT molecular complexity index is 974. The molecule has 158 valence electrons. The van der Waals surface area contributed by atoms with Crippen molar-refractivity contribution in [3.63, 3.8) is 0 Å². The number of carboxylic acids is 1. The van der Waals surface area contributed by atoms with Gasteiger partial charge in [0.2, 0.25) is 5.91 Å². The summed E-state index contributed by atoms with van der Waals surface area (Å²) in [5.41, 5.74) is 0.871. The summed E-state index contributed by atoms with van der Waals surface area (Å²) in [7, 11) is 0. The van der Waals surface area contributed by atoms with Crippen LogP contribution in [0.25, 0.3) is 0 Å². The van der Waals surface area contributed by atoms with Gasteiger partial charge in [-0.25, -0.2) is 4.79 Å². The van der Waals surface area contributed by atoms with E-state index in [1.54, 1.807) is 38.1 Å². The van der Waals surface area contributed by atoms with Crippen molar-refractivity contribution in [3.05, 3.63) is 59.1 Å². The first-order chi connectivity index (χ1) is 14.3. The number of hydrogen-bond acceptors (Lipinski definition) is 5. The Morgan fingerprint density at radius 3 is 2.07 bits per heavy atom. The fraction of sp³-hybridized carbons (Fsp3) is 0.190. The lowest BCUT2D eigenvalue weighted by molar-refractivity contribution is -0.131. The van der Waals surface area contributed by atoms with Crippen molar-refractivity contribution in [2.45, 2.75) is 13.8 Å². The number of amides is 2. The summed E-state index contributed by atoms with van der Waals surface area (Å²) in [6, 6.07) is 9.61. The molecule has 2 aromatic carbocycles. The number of benzene rings is 2. The summed E-state index contributed by atoms with van der Waals surface area (Å²) in [6.07, 6.45) is 1.60. The Balaban J connectivity index is 2.39. The second-order valence-electron chi connectivity index (χ2n) is 5.81. The first-order valence-corrected chi connectivity index (χ1v) is 9.45. The van der Waals surface area contributed by atoms with Gasteiger partial charge in [-0.2, -0.15) is 0 Å². The number of rotatable bonds is 9. The number of halogens is 1. The Morgan fingerprint density at radius 1 is 0.967 bits per heavy atom. The third-order valence-electron chi connectivity index (χ3n) is 3.68. The minimum absolute atomic E-state index is 0.260. The van der Waals surface area contributed by atoms with Gasteiger partial charge in [0.25, 0.3) is 5.91 Å². The van der Waals surface area contributed by atoms with Crippen LogP contribution in [0.4, 0.5) is 11.4 Å². The molecule has 0 aliphatic heterocycles. The van der Waals surface area contributed by atoms with Crippen molar-refractivity contribution in [2.24, 2.45) is 0 Å². The normalized spacial score (nSPS) is 10.5. The van der Waals surface area contributed by atoms with E-state index in [4.69, 9.17) is 26.2 Å². The van der Waals surface area contributed by atoms with Crippen LogP contribution in [0.2, 0.25) is 5.02 Å². The number of ether oxygens (including phenoxy) is 2. The highest BCUT2D eigenvalue weighted by atomic mass is 35.5. The van der Waals surface area contributed by atoms with Gasteiger partial charge in [-0.05, 0) is 26.0 Å². The van der Waals surface area contributed by atoms with Crippen molar-refractivity contribution >= 4 is 40.8 Å². The molecular formula is C21H21ClN2O6. The second-order valence-corrected chi connectivity index (χ2v) is 6.21. The van der Waals surface area contributed by atoms with Crippen LogP contribution in [0.15, 0.2) is 48.6 Å². The van der Waals surface area contributed by atoms with Crippen LogP contribution < -0.4 is 20.1 Å².